The van der Waals surface area contributed by atoms with Crippen LogP contribution in [0.25, 0.3) is 16.5 Å². The zero-order valence-electron chi connectivity index (χ0n) is 12.7. The van der Waals surface area contributed by atoms with Gasteiger partial charge in [0.05, 0.1) is 10.6 Å². The van der Waals surface area contributed by atoms with Crippen molar-refractivity contribution in [3.05, 3.63) is 52.4 Å². The van der Waals surface area contributed by atoms with Gasteiger partial charge in [-0.2, -0.15) is 16.8 Å². The summed E-state index contributed by atoms with van der Waals surface area (Å²) >= 11 is 0. The van der Waals surface area contributed by atoms with E-state index < -0.39 is 35.6 Å². The molecule has 0 aliphatic rings. The van der Waals surface area contributed by atoms with Crippen molar-refractivity contribution in [2.75, 3.05) is 0 Å². The fourth-order valence-corrected chi connectivity index (χ4v) is 3.96. The van der Waals surface area contributed by atoms with Gasteiger partial charge in [0.2, 0.25) is 0 Å². The summed E-state index contributed by atoms with van der Waals surface area (Å²) in [6, 6.07) is 5.82. The molecule has 1 heterocycles. The summed E-state index contributed by atoms with van der Waals surface area (Å²) in [5.41, 5.74) is 0.273. The molecule has 0 amide bonds. The monoisotopic (exact) mass is 384 g/mol. The molecular formula is C14H12N2O7S2. The first kappa shape index (κ1) is 17.4. The van der Waals surface area contributed by atoms with Crippen LogP contribution in [0.1, 0.15) is 5.56 Å². The van der Waals surface area contributed by atoms with Gasteiger partial charge in [-0.15, -0.1) is 0 Å². The molecule has 0 atom stereocenters. The van der Waals surface area contributed by atoms with Crippen LogP contribution in [0.3, 0.4) is 0 Å². The standard InChI is InChI=1S/C14H12N2O7S2/c1-8-2-3-10-11(14(8)16-13(17)4-5-15-16)6-9(24(18,19)20)7-12(10)25(21,22)23/h2-7,15H,1H3,(H,18,19,20)(H,21,22,23). The van der Waals surface area contributed by atoms with Crippen molar-refractivity contribution < 1.29 is 25.9 Å². The molecule has 9 nitrogen and oxygen atoms in total. The number of nitrogens with zero attached hydrogens (tertiary/aromatic N) is 1. The summed E-state index contributed by atoms with van der Waals surface area (Å²) in [5, 5.41) is 2.70. The molecule has 3 N–H and O–H groups in total. The molecule has 0 unspecified atom stereocenters. The second-order valence-electron chi connectivity index (χ2n) is 5.33. The van der Waals surface area contributed by atoms with Crippen LogP contribution in [0.5, 0.6) is 0 Å². The molecule has 0 aliphatic heterocycles. The van der Waals surface area contributed by atoms with Gasteiger partial charge in [-0.05, 0) is 24.6 Å². The number of hydrogen-bond donors (Lipinski definition) is 3. The second-order valence-corrected chi connectivity index (χ2v) is 8.15. The third-order valence-electron chi connectivity index (χ3n) is 3.69. The first-order valence-corrected chi connectivity index (χ1v) is 9.67. The number of hydrogen-bond acceptors (Lipinski definition) is 5. The van der Waals surface area contributed by atoms with E-state index in [-0.39, 0.29) is 16.5 Å². The lowest BCUT2D eigenvalue weighted by atomic mass is 10.0. The van der Waals surface area contributed by atoms with Crippen LogP contribution in [-0.4, -0.2) is 35.7 Å². The van der Waals surface area contributed by atoms with E-state index in [1.54, 1.807) is 6.92 Å². The molecule has 0 saturated carbocycles. The average Bonchev–Trinajstić information content (AvgIpc) is 2.89. The van der Waals surface area contributed by atoms with E-state index in [1.807, 2.05) is 0 Å². The number of fused-ring (bicyclic) bond motifs is 1. The van der Waals surface area contributed by atoms with Crippen molar-refractivity contribution in [2.45, 2.75) is 16.7 Å². The van der Waals surface area contributed by atoms with Gasteiger partial charge in [-0.3, -0.25) is 19.0 Å². The lowest BCUT2D eigenvalue weighted by molar-refractivity contribution is 0.482. The lowest BCUT2D eigenvalue weighted by Gasteiger charge is -2.14. The van der Waals surface area contributed by atoms with Crippen molar-refractivity contribution >= 4 is 31.0 Å². The van der Waals surface area contributed by atoms with Crippen LogP contribution in [-0.2, 0) is 20.2 Å². The quantitative estimate of drug-likeness (QED) is 0.573. The molecule has 0 fully saturated rings. The van der Waals surface area contributed by atoms with Gasteiger partial charge >= 0.3 is 0 Å². The summed E-state index contributed by atoms with van der Waals surface area (Å²) in [5.74, 6) is 0. The maximum atomic E-state index is 12.0. The highest BCUT2D eigenvalue weighted by Crippen LogP contribution is 2.32. The van der Waals surface area contributed by atoms with Gasteiger partial charge in [-0.25, -0.2) is 4.68 Å². The third-order valence-corrected chi connectivity index (χ3v) is 5.42. The number of aryl methyl sites for hydroxylation is 1. The number of rotatable bonds is 3. The average molecular weight is 384 g/mol. The summed E-state index contributed by atoms with van der Waals surface area (Å²) in [4.78, 5) is 10.6. The minimum atomic E-state index is -4.79. The van der Waals surface area contributed by atoms with Crippen molar-refractivity contribution in [1.29, 1.82) is 0 Å². The zero-order chi connectivity index (χ0) is 18.6. The molecule has 0 saturated heterocycles. The summed E-state index contributed by atoms with van der Waals surface area (Å²) < 4.78 is 66.2. The highest BCUT2D eigenvalue weighted by molar-refractivity contribution is 7.86. The Kier molecular flexibility index (Phi) is 3.84. The van der Waals surface area contributed by atoms with Gasteiger partial charge < -0.3 is 0 Å². The minimum Gasteiger partial charge on any atom is -0.298 e. The Labute approximate surface area is 142 Å². The molecule has 0 radical (unpaired) electrons. The smallest absolute Gasteiger partial charge is 0.295 e. The first-order valence-electron chi connectivity index (χ1n) is 6.79. The van der Waals surface area contributed by atoms with Gasteiger partial charge in [0.1, 0.15) is 4.90 Å². The van der Waals surface area contributed by atoms with Gasteiger partial charge in [0.25, 0.3) is 25.8 Å². The maximum Gasteiger partial charge on any atom is 0.295 e. The largest absolute Gasteiger partial charge is 0.298 e. The van der Waals surface area contributed by atoms with Crippen LogP contribution in [0.15, 0.2) is 51.1 Å². The lowest BCUT2D eigenvalue weighted by Crippen LogP contribution is -2.16. The fourth-order valence-electron chi connectivity index (χ4n) is 2.62. The van der Waals surface area contributed by atoms with Crippen LogP contribution in [0.2, 0.25) is 0 Å². The SMILES string of the molecule is Cc1ccc2c(S(=O)(=O)O)cc(S(=O)(=O)O)cc2c1-n1[nH]ccc1=O. The van der Waals surface area contributed by atoms with Crippen LogP contribution < -0.4 is 5.56 Å². The number of nitrogens with one attached hydrogen (secondary N) is 1. The van der Waals surface area contributed by atoms with Crippen LogP contribution in [0, 0.1) is 6.92 Å². The number of H-pyrrole nitrogens is 1. The molecule has 132 valence electrons. The van der Waals surface area contributed by atoms with E-state index in [0.29, 0.717) is 11.6 Å². The number of benzene rings is 2. The van der Waals surface area contributed by atoms with Gasteiger partial charge in [-0.1, -0.05) is 12.1 Å². The fraction of sp³-hybridized carbons (Fsp3) is 0.0714. The molecule has 3 aromatic rings. The number of aromatic nitrogens is 2. The Balaban J connectivity index is 2.61. The topological polar surface area (TPSA) is 147 Å². The van der Waals surface area contributed by atoms with Crippen molar-refractivity contribution in [3.63, 3.8) is 0 Å². The van der Waals surface area contributed by atoms with Gasteiger partial charge in [0.15, 0.2) is 0 Å². The minimum absolute atomic E-state index is 0.00278. The molecule has 25 heavy (non-hydrogen) atoms. The molecule has 11 heteroatoms. The van der Waals surface area contributed by atoms with E-state index in [0.717, 1.165) is 10.7 Å². The van der Waals surface area contributed by atoms with E-state index in [1.165, 1.54) is 24.4 Å². The Morgan fingerprint density at radius 1 is 0.960 bits per heavy atom. The van der Waals surface area contributed by atoms with E-state index >= 15 is 0 Å². The Hall–Kier alpha value is -2.47. The predicted octanol–water partition coefficient (Wildman–Crippen LogP) is 1.12. The molecular weight excluding hydrogens is 372 g/mol. The first-order chi connectivity index (χ1) is 11.5. The van der Waals surface area contributed by atoms with E-state index in [4.69, 9.17) is 0 Å². The Morgan fingerprint density at radius 2 is 1.64 bits per heavy atom. The molecule has 3 rings (SSSR count). The molecule has 0 aliphatic carbocycles. The summed E-state index contributed by atoms with van der Waals surface area (Å²) in [6.07, 6.45) is 1.36. The third kappa shape index (κ3) is 2.98. The highest BCUT2D eigenvalue weighted by Gasteiger charge is 2.23. The number of aromatic amines is 1. The molecule has 0 spiro atoms. The second kappa shape index (κ2) is 5.52. The molecule has 2 aromatic carbocycles. The van der Waals surface area contributed by atoms with E-state index in [9.17, 15) is 30.7 Å². The molecule has 0 bridgehead atoms. The van der Waals surface area contributed by atoms with Crippen molar-refractivity contribution in [2.24, 2.45) is 0 Å². The van der Waals surface area contributed by atoms with Crippen molar-refractivity contribution in [1.82, 2.24) is 9.78 Å². The summed E-state index contributed by atoms with van der Waals surface area (Å²) in [7, 11) is -9.55. The van der Waals surface area contributed by atoms with E-state index in [2.05, 4.69) is 5.10 Å². The van der Waals surface area contributed by atoms with Crippen LogP contribution in [0.4, 0.5) is 0 Å². The Bertz CT molecular complexity index is 1270. The van der Waals surface area contributed by atoms with Crippen LogP contribution >= 0.6 is 0 Å². The highest BCUT2D eigenvalue weighted by atomic mass is 32.2. The predicted molar refractivity (Wildman–Crippen MR) is 88.3 cm³/mol. The molecule has 1 aromatic heterocycles. The normalized spacial score (nSPS) is 12.6. The van der Waals surface area contributed by atoms with Gasteiger partial charge in [0, 0.05) is 23.0 Å². The summed E-state index contributed by atoms with van der Waals surface area (Å²) in [6.45, 7) is 1.63. The zero-order valence-corrected chi connectivity index (χ0v) is 14.3. The Morgan fingerprint density at radius 3 is 2.16 bits per heavy atom. The maximum absolute atomic E-state index is 12.0. The van der Waals surface area contributed by atoms with Crippen molar-refractivity contribution in [3.8, 4) is 5.69 Å².